The molecule has 0 radical (unpaired) electrons. The molecule has 7 heteroatoms. The molecule has 0 aliphatic rings. The SMILES string of the molecule is CCNS(=O)(=O)NCCc1cnc[nH]1. The van der Waals surface area contributed by atoms with Crippen molar-refractivity contribution in [3.63, 3.8) is 0 Å². The summed E-state index contributed by atoms with van der Waals surface area (Å²) in [6.45, 7) is 2.48. The van der Waals surface area contributed by atoms with E-state index in [1.165, 1.54) is 0 Å². The van der Waals surface area contributed by atoms with E-state index in [-0.39, 0.29) is 0 Å². The van der Waals surface area contributed by atoms with Crippen LogP contribution in [0.4, 0.5) is 0 Å². The van der Waals surface area contributed by atoms with E-state index in [0.717, 1.165) is 5.69 Å². The van der Waals surface area contributed by atoms with Crippen LogP contribution in [0.2, 0.25) is 0 Å². The molecule has 6 nitrogen and oxygen atoms in total. The Labute approximate surface area is 83.3 Å². The van der Waals surface area contributed by atoms with Crippen molar-refractivity contribution in [2.24, 2.45) is 0 Å². The van der Waals surface area contributed by atoms with E-state index in [2.05, 4.69) is 19.4 Å². The van der Waals surface area contributed by atoms with Gasteiger partial charge in [0.15, 0.2) is 0 Å². The number of rotatable bonds is 6. The predicted molar refractivity (Wildman–Crippen MR) is 52.9 cm³/mol. The summed E-state index contributed by atoms with van der Waals surface area (Å²) in [4.78, 5) is 6.71. The van der Waals surface area contributed by atoms with E-state index in [1.54, 1.807) is 19.4 Å². The van der Waals surface area contributed by atoms with Crippen molar-refractivity contribution in [2.75, 3.05) is 13.1 Å². The fraction of sp³-hybridized carbons (Fsp3) is 0.571. The molecule has 0 aromatic carbocycles. The zero-order valence-electron chi connectivity index (χ0n) is 7.95. The van der Waals surface area contributed by atoms with Crippen LogP contribution in [0, 0.1) is 0 Å². The molecule has 80 valence electrons. The molecule has 14 heavy (non-hydrogen) atoms. The Morgan fingerprint density at radius 3 is 2.86 bits per heavy atom. The van der Waals surface area contributed by atoms with E-state index in [4.69, 9.17) is 0 Å². The molecule has 0 atom stereocenters. The number of hydrogen-bond acceptors (Lipinski definition) is 3. The van der Waals surface area contributed by atoms with Crippen molar-refractivity contribution in [2.45, 2.75) is 13.3 Å². The third-order valence-electron chi connectivity index (χ3n) is 1.58. The third kappa shape index (κ3) is 3.86. The van der Waals surface area contributed by atoms with Crippen molar-refractivity contribution in [3.05, 3.63) is 18.2 Å². The number of aromatic amines is 1. The summed E-state index contributed by atoms with van der Waals surface area (Å²) in [5.74, 6) is 0. The highest BCUT2D eigenvalue weighted by Crippen LogP contribution is 1.90. The molecule has 0 amide bonds. The van der Waals surface area contributed by atoms with Crippen LogP contribution in [0.25, 0.3) is 0 Å². The molecular weight excluding hydrogens is 204 g/mol. The smallest absolute Gasteiger partial charge is 0.276 e. The van der Waals surface area contributed by atoms with E-state index < -0.39 is 10.2 Å². The fourth-order valence-electron chi connectivity index (χ4n) is 0.983. The molecule has 0 spiro atoms. The standard InChI is InChI=1S/C7H14N4O2S/c1-2-10-14(12,13)11-4-3-7-5-8-6-9-7/h5-6,10-11H,2-4H2,1H3,(H,8,9). The van der Waals surface area contributed by atoms with E-state index in [1.807, 2.05) is 0 Å². The van der Waals surface area contributed by atoms with Crippen LogP contribution < -0.4 is 9.44 Å². The summed E-state index contributed by atoms with van der Waals surface area (Å²) in [7, 11) is -3.32. The van der Waals surface area contributed by atoms with Crippen LogP contribution >= 0.6 is 0 Å². The molecular formula is C7H14N4O2S. The fourth-order valence-corrected chi connectivity index (χ4v) is 1.84. The molecule has 3 N–H and O–H groups in total. The highest BCUT2D eigenvalue weighted by atomic mass is 32.2. The molecule has 1 aromatic heterocycles. The number of nitrogens with zero attached hydrogens (tertiary/aromatic N) is 1. The van der Waals surface area contributed by atoms with Crippen LogP contribution in [-0.2, 0) is 16.6 Å². The van der Waals surface area contributed by atoms with Crippen molar-refractivity contribution >= 4 is 10.2 Å². The van der Waals surface area contributed by atoms with Crippen molar-refractivity contribution in [3.8, 4) is 0 Å². The molecule has 1 heterocycles. The maximum atomic E-state index is 11.1. The molecule has 0 aliphatic carbocycles. The Hall–Kier alpha value is -0.920. The summed E-state index contributed by atoms with van der Waals surface area (Å²) < 4.78 is 27.0. The van der Waals surface area contributed by atoms with Crippen LogP contribution in [0.1, 0.15) is 12.6 Å². The second-order valence-electron chi connectivity index (χ2n) is 2.72. The lowest BCUT2D eigenvalue weighted by atomic mass is 10.3. The highest BCUT2D eigenvalue weighted by molar-refractivity contribution is 7.87. The Balaban J connectivity index is 2.28. The number of nitrogens with one attached hydrogen (secondary N) is 3. The van der Waals surface area contributed by atoms with Gasteiger partial charge in [-0.15, -0.1) is 0 Å². The molecule has 0 saturated heterocycles. The van der Waals surface area contributed by atoms with Crippen LogP contribution in [0.5, 0.6) is 0 Å². The summed E-state index contributed by atoms with van der Waals surface area (Å²) >= 11 is 0. The second kappa shape index (κ2) is 5.08. The molecule has 0 bridgehead atoms. The maximum absolute atomic E-state index is 11.1. The summed E-state index contributed by atoms with van der Waals surface area (Å²) in [6, 6.07) is 0. The van der Waals surface area contributed by atoms with Gasteiger partial charge in [0, 0.05) is 31.4 Å². The minimum Gasteiger partial charge on any atom is -0.348 e. The molecule has 0 saturated carbocycles. The van der Waals surface area contributed by atoms with Crippen LogP contribution in [0.15, 0.2) is 12.5 Å². The average molecular weight is 218 g/mol. The van der Waals surface area contributed by atoms with Gasteiger partial charge in [0.1, 0.15) is 0 Å². The number of hydrogen-bond donors (Lipinski definition) is 3. The molecule has 0 unspecified atom stereocenters. The molecule has 1 rings (SSSR count). The first kappa shape index (κ1) is 11.2. The van der Waals surface area contributed by atoms with Crippen molar-refractivity contribution in [1.82, 2.24) is 19.4 Å². The Morgan fingerprint density at radius 2 is 2.29 bits per heavy atom. The van der Waals surface area contributed by atoms with Gasteiger partial charge < -0.3 is 4.98 Å². The van der Waals surface area contributed by atoms with E-state index >= 15 is 0 Å². The van der Waals surface area contributed by atoms with Gasteiger partial charge in [0.2, 0.25) is 0 Å². The van der Waals surface area contributed by atoms with Crippen LogP contribution in [-0.4, -0.2) is 31.5 Å². The summed E-state index contributed by atoms with van der Waals surface area (Å²) in [6.07, 6.45) is 3.83. The molecule has 0 aliphatic heterocycles. The number of imidazole rings is 1. The maximum Gasteiger partial charge on any atom is 0.276 e. The normalized spacial score (nSPS) is 11.8. The van der Waals surface area contributed by atoms with Gasteiger partial charge in [-0.2, -0.15) is 8.42 Å². The lowest BCUT2D eigenvalue weighted by Crippen LogP contribution is -2.37. The van der Waals surface area contributed by atoms with E-state index in [9.17, 15) is 8.42 Å². The summed E-state index contributed by atoms with van der Waals surface area (Å²) in [5, 5.41) is 0. The Kier molecular flexibility index (Phi) is 4.05. The first-order valence-corrected chi connectivity index (χ1v) is 5.84. The quantitative estimate of drug-likeness (QED) is 0.595. The average Bonchev–Trinajstić information content (AvgIpc) is 2.56. The van der Waals surface area contributed by atoms with Gasteiger partial charge in [-0.25, -0.2) is 14.4 Å². The number of aromatic nitrogens is 2. The first-order chi connectivity index (χ1) is 6.64. The minimum absolute atomic E-state index is 0.359. The summed E-state index contributed by atoms with van der Waals surface area (Å²) in [5.41, 5.74) is 0.907. The van der Waals surface area contributed by atoms with Crippen LogP contribution in [0.3, 0.4) is 0 Å². The molecule has 0 fully saturated rings. The predicted octanol–water partition coefficient (Wildman–Crippen LogP) is -0.604. The van der Waals surface area contributed by atoms with Gasteiger partial charge in [0.05, 0.1) is 6.33 Å². The largest absolute Gasteiger partial charge is 0.348 e. The van der Waals surface area contributed by atoms with Gasteiger partial charge in [-0.1, -0.05) is 6.92 Å². The first-order valence-electron chi connectivity index (χ1n) is 4.35. The third-order valence-corrected chi connectivity index (χ3v) is 2.83. The van der Waals surface area contributed by atoms with Gasteiger partial charge >= 0.3 is 0 Å². The topological polar surface area (TPSA) is 86.9 Å². The molecule has 1 aromatic rings. The Bertz CT molecular complexity index is 346. The monoisotopic (exact) mass is 218 g/mol. The Morgan fingerprint density at radius 1 is 1.50 bits per heavy atom. The van der Waals surface area contributed by atoms with Gasteiger partial charge in [-0.3, -0.25) is 0 Å². The van der Waals surface area contributed by atoms with Gasteiger partial charge in [0.25, 0.3) is 10.2 Å². The zero-order chi connectivity index (χ0) is 10.4. The highest BCUT2D eigenvalue weighted by Gasteiger charge is 2.05. The number of H-pyrrole nitrogens is 1. The van der Waals surface area contributed by atoms with Crippen molar-refractivity contribution in [1.29, 1.82) is 0 Å². The second-order valence-corrected chi connectivity index (χ2v) is 4.31. The minimum atomic E-state index is -3.32. The lowest BCUT2D eigenvalue weighted by molar-refractivity contribution is 0.568. The van der Waals surface area contributed by atoms with Gasteiger partial charge in [-0.05, 0) is 0 Å². The van der Waals surface area contributed by atoms with E-state index in [0.29, 0.717) is 19.5 Å². The lowest BCUT2D eigenvalue weighted by Gasteiger charge is -2.04. The zero-order valence-corrected chi connectivity index (χ0v) is 8.76. The van der Waals surface area contributed by atoms with Crippen molar-refractivity contribution < 1.29 is 8.42 Å².